The smallest absolute Gasteiger partial charge is 0.262 e. The van der Waals surface area contributed by atoms with Crippen LogP contribution in [0.2, 0.25) is 10.0 Å². The highest BCUT2D eigenvalue weighted by Crippen LogP contribution is 2.32. The minimum absolute atomic E-state index is 0.00962. The van der Waals surface area contributed by atoms with E-state index in [1.165, 1.54) is 11.8 Å². The van der Waals surface area contributed by atoms with E-state index in [4.69, 9.17) is 23.2 Å². The first kappa shape index (κ1) is 16.8. The summed E-state index contributed by atoms with van der Waals surface area (Å²) in [6.07, 6.45) is 0. The molecule has 0 fully saturated rings. The normalized spacial score (nSPS) is 11.3. The van der Waals surface area contributed by atoms with Gasteiger partial charge in [-0.15, -0.1) is 11.3 Å². The number of aryl methyl sites for hydroxylation is 2. The molecule has 0 unspecified atom stereocenters. The van der Waals surface area contributed by atoms with Gasteiger partial charge in [0.1, 0.15) is 4.83 Å². The fourth-order valence-corrected chi connectivity index (χ4v) is 5.08. The Bertz CT molecular complexity index is 943. The van der Waals surface area contributed by atoms with Crippen LogP contribution in [-0.4, -0.2) is 9.55 Å². The molecule has 0 bridgehead atoms. The molecule has 0 amide bonds. The second-order valence-corrected chi connectivity index (χ2v) is 8.17. The number of hydrogen-bond donors (Lipinski definition) is 0. The molecule has 3 nitrogen and oxygen atoms in total. The van der Waals surface area contributed by atoms with Crippen LogP contribution < -0.4 is 5.56 Å². The van der Waals surface area contributed by atoms with Crippen LogP contribution in [0.25, 0.3) is 10.2 Å². The van der Waals surface area contributed by atoms with Gasteiger partial charge in [-0.05, 0) is 37.1 Å². The Hall–Kier alpha value is -1.01. The minimum atomic E-state index is -0.00962. The summed E-state index contributed by atoms with van der Waals surface area (Å²) in [5, 5.41) is 2.63. The monoisotopic (exact) mass is 384 g/mol. The average Bonchev–Trinajstić information content (AvgIpc) is 2.78. The molecule has 0 N–H and O–H groups in total. The van der Waals surface area contributed by atoms with Crippen molar-refractivity contribution in [3.63, 3.8) is 0 Å². The van der Waals surface area contributed by atoms with Gasteiger partial charge in [0.05, 0.1) is 5.39 Å². The van der Waals surface area contributed by atoms with E-state index in [0.29, 0.717) is 21.0 Å². The summed E-state index contributed by atoms with van der Waals surface area (Å²) in [6, 6.07) is 5.44. The molecular formula is C16H14Cl2N2OS2. The Morgan fingerprint density at radius 1 is 1.26 bits per heavy atom. The molecule has 0 radical (unpaired) electrons. The van der Waals surface area contributed by atoms with Crippen molar-refractivity contribution in [1.82, 2.24) is 9.55 Å². The summed E-state index contributed by atoms with van der Waals surface area (Å²) in [5.41, 5.74) is 1.86. The van der Waals surface area contributed by atoms with Crippen LogP contribution in [0.5, 0.6) is 0 Å². The molecule has 0 aliphatic heterocycles. The average molecular weight is 385 g/mol. The molecule has 0 atom stereocenters. The number of halogens is 2. The van der Waals surface area contributed by atoms with Crippen molar-refractivity contribution in [3.05, 3.63) is 54.6 Å². The molecule has 7 heteroatoms. The molecule has 0 saturated carbocycles. The van der Waals surface area contributed by atoms with Gasteiger partial charge in [0.25, 0.3) is 5.56 Å². The van der Waals surface area contributed by atoms with Crippen LogP contribution in [0.1, 0.15) is 16.0 Å². The van der Waals surface area contributed by atoms with Crippen LogP contribution in [0.3, 0.4) is 0 Å². The van der Waals surface area contributed by atoms with E-state index in [9.17, 15) is 4.79 Å². The molecule has 0 aliphatic rings. The predicted octanol–water partition coefficient (Wildman–Crippen LogP) is 5.21. The Kier molecular flexibility index (Phi) is 4.74. The van der Waals surface area contributed by atoms with Gasteiger partial charge in [0.2, 0.25) is 0 Å². The van der Waals surface area contributed by atoms with Crippen LogP contribution >= 0.6 is 46.3 Å². The van der Waals surface area contributed by atoms with Crippen molar-refractivity contribution in [2.75, 3.05) is 0 Å². The van der Waals surface area contributed by atoms with Crippen molar-refractivity contribution >= 4 is 56.5 Å². The largest absolute Gasteiger partial charge is 0.290 e. The highest BCUT2D eigenvalue weighted by atomic mass is 35.5. The molecular weight excluding hydrogens is 371 g/mol. The number of hydrogen-bond acceptors (Lipinski definition) is 4. The maximum Gasteiger partial charge on any atom is 0.262 e. The zero-order valence-corrected chi connectivity index (χ0v) is 16.0. The van der Waals surface area contributed by atoms with E-state index in [0.717, 1.165) is 26.2 Å². The number of thioether (sulfide) groups is 1. The Labute approximate surface area is 152 Å². The lowest BCUT2D eigenvalue weighted by Gasteiger charge is -2.09. The first-order valence-corrected chi connectivity index (χ1v) is 9.48. The molecule has 120 valence electrons. The third-order valence-electron chi connectivity index (χ3n) is 3.78. The molecule has 0 aliphatic carbocycles. The molecule has 0 saturated heterocycles. The Morgan fingerprint density at radius 3 is 2.57 bits per heavy atom. The summed E-state index contributed by atoms with van der Waals surface area (Å²) < 4.78 is 1.59. The predicted molar refractivity (Wildman–Crippen MR) is 100 cm³/mol. The minimum Gasteiger partial charge on any atom is -0.290 e. The number of fused-ring (bicyclic) bond motifs is 1. The van der Waals surface area contributed by atoms with E-state index in [1.807, 2.05) is 32.0 Å². The highest BCUT2D eigenvalue weighted by molar-refractivity contribution is 7.98. The maximum atomic E-state index is 12.6. The molecule has 2 aromatic heterocycles. The van der Waals surface area contributed by atoms with Crippen LogP contribution in [0, 0.1) is 13.8 Å². The quantitative estimate of drug-likeness (QED) is 0.459. The van der Waals surface area contributed by atoms with Gasteiger partial charge in [-0.1, -0.05) is 41.0 Å². The molecule has 2 heterocycles. The summed E-state index contributed by atoms with van der Waals surface area (Å²) in [7, 11) is 1.75. The summed E-state index contributed by atoms with van der Waals surface area (Å²) in [5.74, 6) is 0.563. The third kappa shape index (κ3) is 3.03. The van der Waals surface area contributed by atoms with Crippen molar-refractivity contribution in [2.24, 2.45) is 7.05 Å². The molecule has 3 rings (SSSR count). The number of benzene rings is 1. The van der Waals surface area contributed by atoms with Gasteiger partial charge in [-0.3, -0.25) is 9.36 Å². The van der Waals surface area contributed by atoms with Gasteiger partial charge in [-0.25, -0.2) is 4.98 Å². The van der Waals surface area contributed by atoms with Gasteiger partial charge in [0.15, 0.2) is 5.16 Å². The Morgan fingerprint density at radius 2 is 1.91 bits per heavy atom. The summed E-state index contributed by atoms with van der Waals surface area (Å²) in [6.45, 7) is 3.98. The fourth-order valence-electron chi connectivity index (χ4n) is 2.29. The zero-order chi connectivity index (χ0) is 16.7. The van der Waals surface area contributed by atoms with Crippen LogP contribution in [0.15, 0.2) is 28.2 Å². The van der Waals surface area contributed by atoms with Crippen molar-refractivity contribution in [3.8, 4) is 0 Å². The SMILES string of the molecule is Cc1sc2nc(SCc3c(Cl)cccc3Cl)n(C)c(=O)c2c1C. The van der Waals surface area contributed by atoms with Crippen molar-refractivity contribution in [1.29, 1.82) is 0 Å². The van der Waals surface area contributed by atoms with E-state index in [2.05, 4.69) is 4.98 Å². The number of thiophene rings is 1. The Balaban J connectivity index is 2.01. The van der Waals surface area contributed by atoms with E-state index in [-0.39, 0.29) is 5.56 Å². The third-order valence-corrected chi connectivity index (χ3v) is 6.64. The number of nitrogens with zero attached hydrogens (tertiary/aromatic N) is 2. The summed E-state index contributed by atoms with van der Waals surface area (Å²) >= 11 is 15.4. The number of aromatic nitrogens is 2. The van der Waals surface area contributed by atoms with E-state index < -0.39 is 0 Å². The first-order valence-electron chi connectivity index (χ1n) is 6.92. The topological polar surface area (TPSA) is 34.9 Å². The van der Waals surface area contributed by atoms with Gasteiger partial charge in [0, 0.05) is 27.7 Å². The van der Waals surface area contributed by atoms with Crippen molar-refractivity contribution in [2.45, 2.75) is 24.8 Å². The molecule has 3 aromatic rings. The highest BCUT2D eigenvalue weighted by Gasteiger charge is 2.15. The second kappa shape index (κ2) is 6.48. The molecule has 1 aromatic carbocycles. The zero-order valence-electron chi connectivity index (χ0n) is 12.8. The maximum absolute atomic E-state index is 12.6. The molecule has 23 heavy (non-hydrogen) atoms. The van der Waals surface area contributed by atoms with Crippen LogP contribution in [0.4, 0.5) is 0 Å². The van der Waals surface area contributed by atoms with Crippen LogP contribution in [-0.2, 0) is 12.8 Å². The lowest BCUT2D eigenvalue weighted by Crippen LogP contribution is -2.19. The lowest BCUT2D eigenvalue weighted by atomic mass is 10.2. The van der Waals surface area contributed by atoms with Crippen molar-refractivity contribution < 1.29 is 0 Å². The van der Waals surface area contributed by atoms with E-state index >= 15 is 0 Å². The fraction of sp³-hybridized carbons (Fsp3) is 0.250. The van der Waals surface area contributed by atoms with Gasteiger partial charge < -0.3 is 0 Å². The van der Waals surface area contributed by atoms with E-state index in [1.54, 1.807) is 23.0 Å². The molecule has 0 spiro atoms. The standard InChI is InChI=1S/C16H14Cl2N2OS2/c1-8-9(2)23-14-13(8)15(21)20(3)16(19-14)22-7-10-11(17)5-4-6-12(10)18/h4-6H,7H2,1-3H3. The second-order valence-electron chi connectivity index (χ2n) is 5.21. The van der Waals surface area contributed by atoms with Gasteiger partial charge >= 0.3 is 0 Å². The summed E-state index contributed by atoms with van der Waals surface area (Å²) in [4.78, 5) is 19.2. The first-order chi connectivity index (χ1) is 10.9. The number of rotatable bonds is 3. The van der Waals surface area contributed by atoms with Gasteiger partial charge in [-0.2, -0.15) is 0 Å². The lowest BCUT2D eigenvalue weighted by molar-refractivity contribution is 0.727.